The third kappa shape index (κ3) is 7.45. The van der Waals surface area contributed by atoms with E-state index in [1.807, 2.05) is 25.2 Å². The van der Waals surface area contributed by atoms with Crippen LogP contribution in [0, 0.1) is 0 Å². The second kappa shape index (κ2) is 12.0. The highest BCUT2D eigenvalue weighted by molar-refractivity contribution is 5.85. The first-order valence-electron chi connectivity index (χ1n) is 5.35. The minimum atomic E-state index is 0. The number of benzene rings is 1. The van der Waals surface area contributed by atoms with Gasteiger partial charge in [0.05, 0.1) is 7.11 Å². The molecule has 0 spiro atoms. The summed E-state index contributed by atoms with van der Waals surface area (Å²) in [5.74, 6) is 0.957. The van der Waals surface area contributed by atoms with E-state index in [0.29, 0.717) is 0 Å². The number of hydrogen-bond acceptors (Lipinski definition) is 3. The van der Waals surface area contributed by atoms with Gasteiger partial charge in [-0.1, -0.05) is 18.2 Å². The lowest BCUT2D eigenvalue weighted by Gasteiger charge is -2.09. The Hall–Kier alpha value is -0.480. The summed E-state index contributed by atoms with van der Waals surface area (Å²) in [5, 5.41) is 6.52. The van der Waals surface area contributed by atoms with Crippen LogP contribution in [-0.2, 0) is 6.54 Å². The van der Waals surface area contributed by atoms with Crippen molar-refractivity contribution in [3.63, 3.8) is 0 Å². The van der Waals surface area contributed by atoms with Crippen LogP contribution in [0.3, 0.4) is 0 Å². The zero-order chi connectivity index (χ0) is 10.9. The third-order valence-electron chi connectivity index (χ3n) is 2.29. The Bertz CT molecular complexity index is 285. The zero-order valence-corrected chi connectivity index (χ0v) is 12.0. The topological polar surface area (TPSA) is 33.3 Å². The number of para-hydroxylation sites is 1. The Kier molecular flexibility index (Phi) is 13.3. The van der Waals surface area contributed by atoms with Gasteiger partial charge < -0.3 is 15.4 Å². The van der Waals surface area contributed by atoms with Gasteiger partial charge in [0.15, 0.2) is 0 Å². The Morgan fingerprint density at radius 3 is 2.47 bits per heavy atom. The minimum absolute atomic E-state index is 0. The van der Waals surface area contributed by atoms with E-state index in [1.165, 1.54) is 5.56 Å². The van der Waals surface area contributed by atoms with Crippen LogP contribution in [0.2, 0.25) is 0 Å². The zero-order valence-electron chi connectivity index (χ0n) is 10.4. The third-order valence-corrected chi connectivity index (χ3v) is 2.29. The van der Waals surface area contributed by atoms with E-state index in [4.69, 9.17) is 4.74 Å². The van der Waals surface area contributed by atoms with E-state index < -0.39 is 0 Å². The quantitative estimate of drug-likeness (QED) is 0.752. The largest absolute Gasteiger partial charge is 0.496 e. The van der Waals surface area contributed by atoms with Gasteiger partial charge in [-0.25, -0.2) is 0 Å². The number of hydrogen-bond donors (Lipinski definition) is 2. The average Bonchev–Trinajstić information content (AvgIpc) is 2.29. The fraction of sp³-hybridized carbons (Fsp3) is 0.500. The van der Waals surface area contributed by atoms with Crippen LogP contribution >= 0.6 is 24.8 Å². The predicted molar refractivity (Wildman–Crippen MR) is 77.7 cm³/mol. The van der Waals surface area contributed by atoms with Crippen molar-refractivity contribution in [1.29, 1.82) is 0 Å². The molecule has 2 N–H and O–H groups in total. The normalized spacial score (nSPS) is 9.06. The van der Waals surface area contributed by atoms with Gasteiger partial charge in [-0.3, -0.25) is 0 Å². The Morgan fingerprint density at radius 2 is 1.82 bits per heavy atom. The fourth-order valence-electron chi connectivity index (χ4n) is 1.46. The molecule has 0 aliphatic heterocycles. The molecule has 0 heterocycles. The molecular formula is C12H22Cl2N2O. The van der Waals surface area contributed by atoms with Gasteiger partial charge in [0.25, 0.3) is 0 Å². The van der Waals surface area contributed by atoms with E-state index in [9.17, 15) is 0 Å². The second-order valence-electron chi connectivity index (χ2n) is 3.45. The predicted octanol–water partition coefficient (Wildman–Crippen LogP) is 2.24. The van der Waals surface area contributed by atoms with E-state index in [-0.39, 0.29) is 24.8 Å². The van der Waals surface area contributed by atoms with Gasteiger partial charge in [0.1, 0.15) is 5.75 Å². The fourth-order valence-corrected chi connectivity index (χ4v) is 1.46. The van der Waals surface area contributed by atoms with Gasteiger partial charge in [-0.05, 0) is 32.6 Å². The van der Waals surface area contributed by atoms with Crippen molar-refractivity contribution in [1.82, 2.24) is 10.6 Å². The highest BCUT2D eigenvalue weighted by Gasteiger charge is 1.99. The summed E-state index contributed by atoms with van der Waals surface area (Å²) in [4.78, 5) is 0. The maximum Gasteiger partial charge on any atom is 0.123 e. The lowest BCUT2D eigenvalue weighted by Crippen LogP contribution is -2.19. The first-order chi connectivity index (χ1) is 7.38. The van der Waals surface area contributed by atoms with E-state index in [0.717, 1.165) is 31.8 Å². The number of rotatable bonds is 7. The van der Waals surface area contributed by atoms with Gasteiger partial charge >= 0.3 is 0 Å². The van der Waals surface area contributed by atoms with Crippen LogP contribution in [0.1, 0.15) is 12.0 Å². The van der Waals surface area contributed by atoms with Crippen molar-refractivity contribution in [2.24, 2.45) is 0 Å². The Morgan fingerprint density at radius 1 is 1.12 bits per heavy atom. The summed E-state index contributed by atoms with van der Waals surface area (Å²) in [5.41, 5.74) is 1.21. The Balaban J connectivity index is 0. The molecule has 0 saturated heterocycles. The summed E-state index contributed by atoms with van der Waals surface area (Å²) in [6.07, 6.45) is 1.14. The number of halogens is 2. The maximum absolute atomic E-state index is 5.27. The molecule has 17 heavy (non-hydrogen) atoms. The molecule has 0 fully saturated rings. The van der Waals surface area contributed by atoms with Crippen molar-refractivity contribution in [2.75, 3.05) is 27.2 Å². The van der Waals surface area contributed by atoms with Crippen molar-refractivity contribution in [3.8, 4) is 5.75 Å². The van der Waals surface area contributed by atoms with Gasteiger partial charge in [0, 0.05) is 12.1 Å². The highest BCUT2D eigenvalue weighted by atomic mass is 35.5. The van der Waals surface area contributed by atoms with E-state index in [1.54, 1.807) is 7.11 Å². The van der Waals surface area contributed by atoms with Crippen LogP contribution in [0.5, 0.6) is 5.75 Å². The molecule has 1 rings (SSSR count). The van der Waals surface area contributed by atoms with Gasteiger partial charge in [-0.15, -0.1) is 24.8 Å². The summed E-state index contributed by atoms with van der Waals surface area (Å²) in [6.45, 7) is 2.95. The Labute approximate surface area is 116 Å². The average molecular weight is 281 g/mol. The molecular weight excluding hydrogens is 259 g/mol. The van der Waals surface area contributed by atoms with Crippen LogP contribution in [0.15, 0.2) is 24.3 Å². The van der Waals surface area contributed by atoms with Crippen molar-refractivity contribution in [2.45, 2.75) is 13.0 Å². The van der Waals surface area contributed by atoms with E-state index in [2.05, 4.69) is 16.7 Å². The van der Waals surface area contributed by atoms with Crippen molar-refractivity contribution in [3.05, 3.63) is 29.8 Å². The first-order valence-corrected chi connectivity index (χ1v) is 5.35. The number of methoxy groups -OCH3 is 1. The summed E-state index contributed by atoms with van der Waals surface area (Å²) < 4.78 is 5.27. The first kappa shape index (κ1) is 18.9. The molecule has 0 radical (unpaired) electrons. The second-order valence-corrected chi connectivity index (χ2v) is 3.45. The molecule has 0 bridgehead atoms. The maximum atomic E-state index is 5.27. The van der Waals surface area contributed by atoms with Crippen molar-refractivity contribution >= 4 is 24.8 Å². The van der Waals surface area contributed by atoms with Crippen LogP contribution in [-0.4, -0.2) is 27.2 Å². The molecule has 0 saturated carbocycles. The lowest BCUT2D eigenvalue weighted by molar-refractivity contribution is 0.407. The number of nitrogens with one attached hydrogen (secondary N) is 2. The van der Waals surface area contributed by atoms with E-state index >= 15 is 0 Å². The van der Waals surface area contributed by atoms with Crippen LogP contribution in [0.25, 0.3) is 0 Å². The smallest absolute Gasteiger partial charge is 0.123 e. The molecule has 0 aliphatic carbocycles. The van der Waals surface area contributed by atoms with Gasteiger partial charge in [-0.2, -0.15) is 0 Å². The molecule has 5 heteroatoms. The minimum Gasteiger partial charge on any atom is -0.496 e. The van der Waals surface area contributed by atoms with Crippen molar-refractivity contribution < 1.29 is 4.74 Å². The SMILES string of the molecule is CNCCCNCc1ccccc1OC.Cl.Cl. The molecule has 100 valence electrons. The molecule has 1 aromatic rings. The molecule has 1 aromatic carbocycles. The monoisotopic (exact) mass is 280 g/mol. The molecule has 0 unspecified atom stereocenters. The van der Waals surface area contributed by atoms with Gasteiger partial charge in [0.2, 0.25) is 0 Å². The summed E-state index contributed by atoms with van der Waals surface area (Å²) in [6, 6.07) is 8.10. The molecule has 0 atom stereocenters. The molecule has 0 aliphatic rings. The van der Waals surface area contributed by atoms with Crippen LogP contribution in [0.4, 0.5) is 0 Å². The highest BCUT2D eigenvalue weighted by Crippen LogP contribution is 2.16. The molecule has 0 amide bonds. The molecule has 0 aromatic heterocycles. The van der Waals surface area contributed by atoms with Crippen LogP contribution < -0.4 is 15.4 Å². The summed E-state index contributed by atoms with van der Waals surface area (Å²) in [7, 11) is 3.68. The summed E-state index contributed by atoms with van der Waals surface area (Å²) >= 11 is 0. The standard InChI is InChI=1S/C12H20N2O.2ClH/c1-13-8-5-9-14-10-11-6-3-4-7-12(11)15-2;;/h3-4,6-7,13-14H,5,8-10H2,1-2H3;2*1H. The molecule has 3 nitrogen and oxygen atoms in total. The number of ether oxygens (including phenoxy) is 1. The lowest BCUT2D eigenvalue weighted by atomic mass is 10.2.